The molecule has 2 N–H and O–H groups in total. The molecule has 1 aromatic rings. The highest BCUT2D eigenvalue weighted by Crippen LogP contribution is 2.13. The Kier molecular flexibility index (Phi) is 7.46. The van der Waals surface area contributed by atoms with Crippen LogP contribution in [0.15, 0.2) is 23.6 Å². The van der Waals surface area contributed by atoms with Crippen LogP contribution in [-0.4, -0.2) is 22.2 Å². The molecule has 6 nitrogen and oxygen atoms in total. The molecule has 0 aliphatic heterocycles. The standard InChI is InChI=1S/C11H14N4O2S2/c1-2-3-12-10(8-15(16)17)13-4-6-18-9-11-14-5-7-19-11/h5,7-8,12-13H,4,6,9H2,1H3/b10-8+. The molecule has 8 heteroatoms. The summed E-state index contributed by atoms with van der Waals surface area (Å²) in [7, 11) is 0. The van der Waals surface area contributed by atoms with Gasteiger partial charge in [0.1, 0.15) is 5.01 Å². The number of hydrogen-bond donors (Lipinski definition) is 2. The van der Waals surface area contributed by atoms with Gasteiger partial charge in [0.2, 0.25) is 0 Å². The van der Waals surface area contributed by atoms with Crippen LogP contribution in [0, 0.1) is 22.1 Å². The number of rotatable bonds is 8. The molecule has 0 saturated carbocycles. The summed E-state index contributed by atoms with van der Waals surface area (Å²) in [5.41, 5.74) is 0. The van der Waals surface area contributed by atoms with Gasteiger partial charge in [-0.15, -0.1) is 11.3 Å². The van der Waals surface area contributed by atoms with Crippen LogP contribution in [0.3, 0.4) is 0 Å². The van der Waals surface area contributed by atoms with Gasteiger partial charge in [-0.05, 0) is 6.92 Å². The van der Waals surface area contributed by atoms with Crippen molar-refractivity contribution >= 4 is 23.1 Å². The number of hydrogen-bond acceptors (Lipinski definition) is 7. The summed E-state index contributed by atoms with van der Waals surface area (Å²) in [5, 5.41) is 19.0. The Morgan fingerprint density at radius 2 is 2.58 bits per heavy atom. The van der Waals surface area contributed by atoms with Gasteiger partial charge >= 0.3 is 0 Å². The third-order valence-corrected chi connectivity index (χ3v) is 3.76. The molecule has 0 saturated heterocycles. The topological polar surface area (TPSA) is 80.1 Å². The van der Waals surface area contributed by atoms with Gasteiger partial charge in [-0.1, -0.05) is 5.92 Å². The van der Waals surface area contributed by atoms with Gasteiger partial charge in [0, 0.05) is 35.7 Å². The van der Waals surface area contributed by atoms with Crippen molar-refractivity contribution in [3.63, 3.8) is 0 Å². The maximum atomic E-state index is 10.4. The molecule has 0 atom stereocenters. The Labute approximate surface area is 119 Å². The Morgan fingerprint density at radius 3 is 3.21 bits per heavy atom. The number of nitrogens with zero attached hydrogens (tertiary/aromatic N) is 2. The lowest BCUT2D eigenvalue weighted by atomic mass is 10.6. The fraction of sp³-hybridized carbons (Fsp3) is 0.364. The molecule has 1 heterocycles. The fourth-order valence-corrected chi connectivity index (χ4v) is 2.66. The summed E-state index contributed by atoms with van der Waals surface area (Å²) in [4.78, 5) is 14.1. The average molecular weight is 298 g/mol. The molecule has 0 bridgehead atoms. The second-order valence-corrected chi connectivity index (χ2v) is 5.32. The maximum absolute atomic E-state index is 10.4. The molecule has 0 fully saturated rings. The van der Waals surface area contributed by atoms with Crippen molar-refractivity contribution in [2.24, 2.45) is 0 Å². The molecule has 19 heavy (non-hydrogen) atoms. The van der Waals surface area contributed by atoms with Gasteiger partial charge in [-0.3, -0.25) is 15.4 Å². The zero-order chi connectivity index (χ0) is 13.9. The van der Waals surface area contributed by atoms with Crippen LogP contribution < -0.4 is 10.6 Å². The van der Waals surface area contributed by atoms with Crippen LogP contribution in [0.25, 0.3) is 0 Å². The van der Waals surface area contributed by atoms with Crippen molar-refractivity contribution in [2.75, 3.05) is 12.3 Å². The van der Waals surface area contributed by atoms with Gasteiger partial charge < -0.3 is 5.32 Å². The molecule has 1 rings (SSSR count). The summed E-state index contributed by atoms with van der Waals surface area (Å²) in [5.74, 6) is 4.60. The lowest BCUT2D eigenvalue weighted by Gasteiger charge is -2.06. The summed E-state index contributed by atoms with van der Waals surface area (Å²) in [6.07, 6.45) is 2.65. The van der Waals surface area contributed by atoms with Crippen LogP contribution in [-0.2, 0) is 5.75 Å². The number of nitrogens with one attached hydrogen (secondary N) is 2. The smallest absolute Gasteiger partial charge is 0.275 e. The van der Waals surface area contributed by atoms with Crippen LogP contribution >= 0.6 is 23.1 Å². The number of thiazole rings is 1. The Morgan fingerprint density at radius 1 is 1.74 bits per heavy atom. The summed E-state index contributed by atoms with van der Waals surface area (Å²) < 4.78 is 0. The van der Waals surface area contributed by atoms with Crippen LogP contribution in [0.1, 0.15) is 11.9 Å². The van der Waals surface area contributed by atoms with Crippen molar-refractivity contribution in [2.45, 2.75) is 12.7 Å². The SMILES string of the molecule is CC#CN/C(=C\[N+](=O)[O-])NCCSCc1nccs1. The van der Waals surface area contributed by atoms with Crippen LogP contribution in [0.5, 0.6) is 0 Å². The lowest BCUT2D eigenvalue weighted by molar-refractivity contribution is -0.404. The normalized spacial score (nSPS) is 10.5. The van der Waals surface area contributed by atoms with E-state index < -0.39 is 4.92 Å². The highest BCUT2D eigenvalue weighted by molar-refractivity contribution is 7.98. The number of nitro groups is 1. The zero-order valence-corrected chi connectivity index (χ0v) is 12.0. The third-order valence-electron chi connectivity index (χ3n) is 1.83. The summed E-state index contributed by atoms with van der Waals surface area (Å²) >= 11 is 3.34. The summed E-state index contributed by atoms with van der Waals surface area (Å²) in [6.45, 7) is 2.27. The predicted octanol–water partition coefficient (Wildman–Crippen LogP) is 1.61. The monoisotopic (exact) mass is 298 g/mol. The van der Waals surface area contributed by atoms with Crippen molar-refractivity contribution in [3.05, 3.63) is 38.7 Å². The highest BCUT2D eigenvalue weighted by atomic mass is 32.2. The van der Waals surface area contributed by atoms with E-state index in [-0.39, 0.29) is 0 Å². The molecule has 0 aliphatic carbocycles. The molecule has 0 aliphatic rings. The molecular weight excluding hydrogens is 284 g/mol. The predicted molar refractivity (Wildman–Crippen MR) is 77.9 cm³/mol. The molecule has 0 unspecified atom stereocenters. The van der Waals surface area contributed by atoms with E-state index in [4.69, 9.17) is 0 Å². The Hall–Kier alpha value is -1.72. The average Bonchev–Trinajstić information content (AvgIpc) is 2.87. The number of aromatic nitrogens is 1. The summed E-state index contributed by atoms with van der Waals surface area (Å²) in [6, 6.07) is 2.57. The van der Waals surface area contributed by atoms with Crippen LogP contribution in [0.2, 0.25) is 0 Å². The minimum absolute atomic E-state index is 0.300. The number of thioether (sulfide) groups is 1. The molecule has 0 radical (unpaired) electrons. The first kappa shape index (κ1) is 15.3. The van der Waals surface area contributed by atoms with Gasteiger partial charge in [0.05, 0.1) is 4.92 Å². The van der Waals surface area contributed by atoms with E-state index in [2.05, 4.69) is 27.6 Å². The molecule has 1 aromatic heterocycles. The van der Waals surface area contributed by atoms with Gasteiger partial charge in [0.25, 0.3) is 6.20 Å². The quantitative estimate of drug-likeness (QED) is 0.249. The fourth-order valence-electron chi connectivity index (χ4n) is 1.10. The molecule has 0 spiro atoms. The van der Waals surface area contributed by atoms with E-state index >= 15 is 0 Å². The molecular formula is C11H14N4O2S2. The maximum Gasteiger partial charge on any atom is 0.275 e. The van der Waals surface area contributed by atoms with Crippen molar-refractivity contribution in [1.82, 2.24) is 15.6 Å². The van der Waals surface area contributed by atoms with E-state index in [0.717, 1.165) is 22.7 Å². The molecule has 102 valence electrons. The van der Waals surface area contributed by atoms with Crippen molar-refractivity contribution in [3.8, 4) is 12.0 Å². The Balaban J connectivity index is 2.23. The van der Waals surface area contributed by atoms with E-state index in [1.54, 1.807) is 36.2 Å². The first-order valence-electron chi connectivity index (χ1n) is 5.45. The van der Waals surface area contributed by atoms with Crippen LogP contribution in [0.4, 0.5) is 0 Å². The van der Waals surface area contributed by atoms with Crippen molar-refractivity contribution in [1.29, 1.82) is 0 Å². The Bertz CT molecular complexity index is 477. The third kappa shape index (κ3) is 7.33. The first-order valence-corrected chi connectivity index (χ1v) is 7.49. The van der Waals surface area contributed by atoms with E-state index in [1.807, 2.05) is 5.38 Å². The second-order valence-electron chi connectivity index (χ2n) is 3.23. The highest BCUT2D eigenvalue weighted by Gasteiger charge is 2.01. The first-order chi connectivity index (χ1) is 9.22. The minimum Gasteiger partial charge on any atom is -0.365 e. The van der Waals surface area contributed by atoms with Crippen molar-refractivity contribution < 1.29 is 4.92 Å². The largest absolute Gasteiger partial charge is 0.365 e. The van der Waals surface area contributed by atoms with Gasteiger partial charge in [-0.2, -0.15) is 11.8 Å². The lowest BCUT2D eigenvalue weighted by Crippen LogP contribution is -2.26. The van der Waals surface area contributed by atoms with E-state index in [9.17, 15) is 10.1 Å². The zero-order valence-electron chi connectivity index (χ0n) is 10.4. The van der Waals surface area contributed by atoms with Gasteiger partial charge in [-0.25, -0.2) is 4.98 Å². The van der Waals surface area contributed by atoms with E-state index in [1.165, 1.54) is 0 Å². The molecule has 0 aromatic carbocycles. The van der Waals surface area contributed by atoms with Gasteiger partial charge in [0.15, 0.2) is 5.82 Å². The molecule has 0 amide bonds. The second kappa shape index (κ2) is 9.24. The minimum atomic E-state index is -0.518. The van der Waals surface area contributed by atoms with E-state index in [0.29, 0.717) is 12.4 Å².